The molecule has 17 nitrogen and oxygen atoms in total. The maximum Gasteiger partial charge on any atom is 0.461 e. The first-order chi connectivity index (χ1) is 35.8. The van der Waals surface area contributed by atoms with E-state index in [2.05, 4.69) is 44.6 Å². The third-order valence-electron chi connectivity index (χ3n) is 14.3. The number of nitrogens with zero attached hydrogens (tertiary/aromatic N) is 6. The van der Waals surface area contributed by atoms with Gasteiger partial charge >= 0.3 is 7.12 Å². The van der Waals surface area contributed by atoms with Gasteiger partial charge in [0.1, 0.15) is 34.6 Å². The van der Waals surface area contributed by atoms with E-state index < -0.39 is 36.2 Å². The number of benzene rings is 4. The summed E-state index contributed by atoms with van der Waals surface area (Å²) in [6, 6.07) is 26.4. The molecule has 2 fully saturated rings. The van der Waals surface area contributed by atoms with E-state index in [1.165, 1.54) is 24.7 Å². The molecule has 1 unspecified atom stereocenters. The smallest absolute Gasteiger partial charge is 0.461 e. The van der Waals surface area contributed by atoms with Gasteiger partial charge in [0.2, 0.25) is 5.82 Å². The quantitative estimate of drug-likeness (QED) is 0.0559. The number of carbonyl (C=O) groups excluding carboxylic acids is 4. The third-order valence-corrected chi connectivity index (χ3v) is 14.3. The molecule has 6 aromatic rings. The Hall–Kier alpha value is -7.44. The Kier molecular flexibility index (Phi) is 16.5. The van der Waals surface area contributed by atoms with Crippen molar-refractivity contribution in [3.63, 3.8) is 0 Å². The standard InChI is InChI=1S/C57H67BN8O9/c1-9-60-54(71)52-64-63-51(45-32-44(36(4)5)48(67)33-49(45)68)66(52)41-19-21-42(22-20-41)73-43-23-27-65(28-24-43)55(72)38-15-17-39(18-16-38)57(8)56(6,7)74-58(75-57)40(29-35(2)3)31-50(69)46(30-37-13-11-10-12-14-37)62-53(70)47-34-59-25-26-61-47/h10-22,25-26,32-36,40,43,46,67-68H,9,23-24,27-31H2,1-8H3,(H,60,71)(H,62,70)/t40-,46+,57?/m1/s1. The van der Waals surface area contributed by atoms with E-state index in [0.717, 1.165) is 11.1 Å². The molecule has 3 atom stereocenters. The first kappa shape index (κ1) is 53.8. The number of rotatable bonds is 19. The number of aromatic hydroxyl groups is 2. The van der Waals surface area contributed by atoms with Crippen LogP contribution >= 0.6 is 0 Å². The molecule has 2 aromatic heterocycles. The number of carbonyl (C=O) groups is 4. The largest absolute Gasteiger partial charge is 0.508 e. The average Bonchev–Trinajstić information content (AvgIpc) is 3.94. The second-order valence-electron chi connectivity index (χ2n) is 20.8. The summed E-state index contributed by atoms with van der Waals surface area (Å²) in [5, 5.41) is 35.6. The normalized spacial score (nSPS) is 17.5. The lowest BCUT2D eigenvalue weighted by atomic mass is 9.65. The first-order valence-corrected chi connectivity index (χ1v) is 25.8. The summed E-state index contributed by atoms with van der Waals surface area (Å²) in [7, 11) is -0.731. The Balaban J connectivity index is 0.904. The number of phenols is 2. The third kappa shape index (κ3) is 12.1. The number of aromatic nitrogens is 5. The van der Waals surface area contributed by atoms with Gasteiger partial charge in [-0.3, -0.25) is 28.7 Å². The molecular formula is C57H67BN8O9. The van der Waals surface area contributed by atoms with Gasteiger partial charge in [0.15, 0.2) is 11.6 Å². The van der Waals surface area contributed by atoms with Crippen LogP contribution in [0.1, 0.15) is 135 Å². The lowest BCUT2D eigenvalue weighted by Gasteiger charge is -2.37. The zero-order valence-corrected chi connectivity index (χ0v) is 43.9. The molecule has 2 aliphatic rings. The van der Waals surface area contributed by atoms with Crippen LogP contribution in [-0.4, -0.2) is 108 Å². The van der Waals surface area contributed by atoms with Crippen molar-refractivity contribution in [1.82, 2.24) is 40.3 Å². The van der Waals surface area contributed by atoms with Gasteiger partial charge < -0.3 is 39.8 Å². The minimum atomic E-state index is -0.938. The minimum absolute atomic E-state index is 0.0311. The molecule has 8 rings (SSSR count). The van der Waals surface area contributed by atoms with Gasteiger partial charge in [0.05, 0.1) is 23.4 Å². The van der Waals surface area contributed by atoms with Crippen molar-refractivity contribution in [2.75, 3.05) is 19.6 Å². The highest BCUT2D eigenvalue weighted by Gasteiger charge is 2.57. The van der Waals surface area contributed by atoms with Gasteiger partial charge in [-0.25, -0.2) is 4.98 Å². The molecule has 4 N–H and O–H groups in total. The molecule has 2 aliphatic heterocycles. The van der Waals surface area contributed by atoms with Crippen molar-refractivity contribution < 1.29 is 43.4 Å². The van der Waals surface area contributed by atoms with Gasteiger partial charge in [-0.15, -0.1) is 10.2 Å². The fraction of sp³-hybridized carbons (Fsp3) is 0.404. The number of ether oxygens (including phenoxy) is 1. The molecule has 3 amide bonds. The summed E-state index contributed by atoms with van der Waals surface area (Å²) < 4.78 is 21.6. The Bertz CT molecular complexity index is 2960. The number of piperidine rings is 1. The summed E-state index contributed by atoms with van der Waals surface area (Å²) in [5.74, 6) is -0.686. The molecule has 75 heavy (non-hydrogen) atoms. The number of ketones is 1. The monoisotopic (exact) mass is 1020 g/mol. The number of hydrogen-bond donors (Lipinski definition) is 4. The Morgan fingerprint density at radius 1 is 0.853 bits per heavy atom. The topological polar surface area (TPSA) is 220 Å². The molecule has 4 aromatic carbocycles. The summed E-state index contributed by atoms with van der Waals surface area (Å²) in [4.78, 5) is 64.7. The minimum Gasteiger partial charge on any atom is -0.508 e. The van der Waals surface area contributed by atoms with Gasteiger partial charge in [-0.1, -0.05) is 70.2 Å². The van der Waals surface area contributed by atoms with Crippen LogP contribution in [0, 0.1) is 5.92 Å². The van der Waals surface area contributed by atoms with Crippen molar-refractivity contribution in [2.45, 2.75) is 123 Å². The van der Waals surface area contributed by atoms with E-state index in [1.807, 2.05) is 94.1 Å². The molecule has 18 heteroatoms. The number of Topliss-reactive ketones (excluding diaryl/α,β-unsaturated/α-hetero) is 1. The lowest BCUT2D eigenvalue weighted by Crippen LogP contribution is -2.44. The predicted molar refractivity (Wildman–Crippen MR) is 284 cm³/mol. The fourth-order valence-electron chi connectivity index (χ4n) is 9.93. The van der Waals surface area contributed by atoms with Crippen LogP contribution in [0.3, 0.4) is 0 Å². The van der Waals surface area contributed by atoms with E-state index in [9.17, 15) is 29.4 Å². The van der Waals surface area contributed by atoms with Crippen LogP contribution in [0.25, 0.3) is 17.1 Å². The molecule has 0 bridgehead atoms. The van der Waals surface area contributed by atoms with Crippen LogP contribution < -0.4 is 15.4 Å². The van der Waals surface area contributed by atoms with Crippen molar-refractivity contribution in [1.29, 1.82) is 0 Å². The lowest BCUT2D eigenvalue weighted by molar-refractivity contribution is -0.121. The van der Waals surface area contributed by atoms with Crippen LogP contribution in [0.15, 0.2) is 110 Å². The number of hydrogen-bond acceptors (Lipinski definition) is 13. The van der Waals surface area contributed by atoms with Crippen molar-refractivity contribution >= 4 is 30.6 Å². The average molecular weight is 1020 g/mol. The Labute approximate surface area is 438 Å². The summed E-state index contributed by atoms with van der Waals surface area (Å²) in [6.07, 6.45) is 6.43. The van der Waals surface area contributed by atoms with E-state index in [1.54, 1.807) is 41.8 Å². The van der Waals surface area contributed by atoms with E-state index in [-0.39, 0.29) is 70.7 Å². The molecule has 392 valence electrons. The second-order valence-corrected chi connectivity index (χ2v) is 20.8. The second kappa shape index (κ2) is 23.0. The van der Waals surface area contributed by atoms with Crippen molar-refractivity contribution in [3.05, 3.63) is 143 Å². The molecule has 2 saturated heterocycles. The first-order valence-electron chi connectivity index (χ1n) is 25.8. The van der Waals surface area contributed by atoms with E-state index in [4.69, 9.17) is 14.0 Å². The van der Waals surface area contributed by atoms with Crippen molar-refractivity contribution in [2.24, 2.45) is 5.92 Å². The van der Waals surface area contributed by atoms with E-state index in [0.29, 0.717) is 73.4 Å². The highest BCUT2D eigenvalue weighted by molar-refractivity contribution is 6.48. The maximum atomic E-state index is 14.3. The van der Waals surface area contributed by atoms with Gasteiger partial charge in [-0.2, -0.15) is 0 Å². The molecule has 0 radical (unpaired) electrons. The van der Waals surface area contributed by atoms with E-state index >= 15 is 0 Å². The summed E-state index contributed by atoms with van der Waals surface area (Å²) >= 11 is 0. The van der Waals surface area contributed by atoms with Crippen LogP contribution in [0.2, 0.25) is 5.82 Å². The van der Waals surface area contributed by atoms with Crippen LogP contribution in [-0.2, 0) is 26.1 Å². The molecular weight excluding hydrogens is 951 g/mol. The zero-order chi connectivity index (χ0) is 53.6. The zero-order valence-electron chi connectivity index (χ0n) is 43.9. The summed E-state index contributed by atoms with van der Waals surface area (Å²) in [6.45, 7) is 17.2. The highest BCUT2D eigenvalue weighted by atomic mass is 16.7. The predicted octanol–water partition coefficient (Wildman–Crippen LogP) is 8.64. The molecule has 4 heterocycles. The molecule has 0 aliphatic carbocycles. The number of nitrogens with one attached hydrogen (secondary N) is 2. The molecule has 0 saturated carbocycles. The number of phenolic OH excluding ortho intramolecular Hbond substituents is 2. The SMILES string of the molecule is CCNC(=O)c1nnc(-c2cc(C(C)C)c(O)cc2O)n1-c1ccc(OC2CCN(C(=O)c3ccc(C4(C)OB([C@@H](CC(=O)[C@H](Cc5ccccc5)NC(=O)c5cnccn5)CC(C)C)OC4(C)C)cc3)CC2)cc1. The van der Waals surface area contributed by atoms with Gasteiger partial charge in [0, 0.05) is 74.4 Å². The number of likely N-dealkylation sites (tertiary alicyclic amines) is 1. The fourth-order valence-corrected chi connectivity index (χ4v) is 9.93. The molecule has 0 spiro atoms. The van der Waals surface area contributed by atoms with Gasteiger partial charge in [0.25, 0.3) is 17.7 Å². The van der Waals surface area contributed by atoms with Crippen molar-refractivity contribution in [3.8, 4) is 34.3 Å². The Morgan fingerprint density at radius 2 is 1.56 bits per heavy atom. The Morgan fingerprint density at radius 3 is 2.20 bits per heavy atom. The maximum absolute atomic E-state index is 14.3. The highest BCUT2D eigenvalue weighted by Crippen LogP contribution is 2.49. The number of amides is 3. The van der Waals surface area contributed by atoms with Gasteiger partial charge in [-0.05, 0) is 112 Å². The van der Waals surface area contributed by atoms with Crippen LogP contribution in [0.4, 0.5) is 0 Å². The summed E-state index contributed by atoms with van der Waals surface area (Å²) in [5.41, 5.74) is 2.13. The van der Waals surface area contributed by atoms with Crippen LogP contribution in [0.5, 0.6) is 17.2 Å².